The van der Waals surface area contributed by atoms with E-state index in [4.69, 9.17) is 9.84 Å². The Labute approximate surface area is 106 Å². The lowest BCUT2D eigenvalue weighted by molar-refractivity contribution is -0.136. The van der Waals surface area contributed by atoms with Crippen LogP contribution in [0, 0.1) is 13.8 Å². The number of nitrogens with one attached hydrogen (secondary N) is 1. The molecule has 1 aromatic carbocycles. The Morgan fingerprint density at radius 2 is 2.00 bits per heavy atom. The Morgan fingerprint density at radius 1 is 1.33 bits per heavy atom. The molecule has 0 unspecified atom stereocenters. The standard InChI is InChI=1S/C13H17NO4/c1-8-6-9(2)12(10(7-8)18-3)13(17)14-5-4-11(15)16/h6-7H,4-5H2,1-3H3,(H,14,17)(H,15,16). The SMILES string of the molecule is COc1cc(C)cc(C)c1C(=O)NCCC(=O)O. The Bertz CT molecular complexity index is 468. The minimum absolute atomic E-state index is 0.0982. The third kappa shape index (κ3) is 3.48. The van der Waals surface area contributed by atoms with Crippen LogP contribution in [0.3, 0.4) is 0 Å². The second kappa shape index (κ2) is 6.05. The number of carboxylic acid groups (broad SMARTS) is 1. The summed E-state index contributed by atoms with van der Waals surface area (Å²) in [7, 11) is 1.50. The molecule has 1 rings (SSSR count). The fraction of sp³-hybridized carbons (Fsp3) is 0.385. The molecule has 0 radical (unpaired) electrons. The Morgan fingerprint density at radius 3 is 2.56 bits per heavy atom. The molecule has 0 aliphatic rings. The first-order valence-electron chi connectivity index (χ1n) is 5.61. The summed E-state index contributed by atoms with van der Waals surface area (Å²) in [5.41, 5.74) is 2.26. The van der Waals surface area contributed by atoms with Crippen molar-refractivity contribution in [2.45, 2.75) is 20.3 Å². The number of carboxylic acids is 1. The van der Waals surface area contributed by atoms with Gasteiger partial charge in [0.15, 0.2) is 0 Å². The second-order valence-corrected chi connectivity index (χ2v) is 4.06. The minimum Gasteiger partial charge on any atom is -0.496 e. The number of benzene rings is 1. The first-order chi connectivity index (χ1) is 8.45. The van der Waals surface area contributed by atoms with Gasteiger partial charge in [-0.25, -0.2) is 0 Å². The molecule has 0 heterocycles. The van der Waals surface area contributed by atoms with E-state index < -0.39 is 5.97 Å². The summed E-state index contributed by atoms with van der Waals surface area (Å²) >= 11 is 0. The maximum Gasteiger partial charge on any atom is 0.305 e. The molecule has 0 saturated carbocycles. The van der Waals surface area contributed by atoms with Gasteiger partial charge in [-0.1, -0.05) is 6.07 Å². The van der Waals surface area contributed by atoms with Gasteiger partial charge in [-0.2, -0.15) is 0 Å². The maximum atomic E-state index is 12.0. The van der Waals surface area contributed by atoms with E-state index in [1.807, 2.05) is 19.9 Å². The molecule has 0 aliphatic heterocycles. The molecule has 0 spiro atoms. The van der Waals surface area contributed by atoms with E-state index in [0.29, 0.717) is 11.3 Å². The lowest BCUT2D eigenvalue weighted by atomic mass is 10.0. The molecule has 0 fully saturated rings. The first-order valence-corrected chi connectivity index (χ1v) is 5.61. The molecule has 0 bridgehead atoms. The Kier molecular flexibility index (Phi) is 4.71. The molecule has 18 heavy (non-hydrogen) atoms. The normalized spacial score (nSPS) is 9.94. The molecule has 0 saturated heterocycles. The van der Waals surface area contributed by atoms with Crippen LogP contribution in [-0.4, -0.2) is 30.6 Å². The summed E-state index contributed by atoms with van der Waals surface area (Å²) in [5.74, 6) is -0.756. The van der Waals surface area contributed by atoms with Crippen molar-refractivity contribution in [3.63, 3.8) is 0 Å². The Hall–Kier alpha value is -2.04. The van der Waals surface area contributed by atoms with Crippen molar-refractivity contribution in [1.29, 1.82) is 0 Å². The monoisotopic (exact) mass is 251 g/mol. The van der Waals surface area contributed by atoms with Crippen molar-refractivity contribution < 1.29 is 19.4 Å². The lowest BCUT2D eigenvalue weighted by Crippen LogP contribution is -2.27. The zero-order chi connectivity index (χ0) is 13.7. The topological polar surface area (TPSA) is 75.6 Å². The lowest BCUT2D eigenvalue weighted by Gasteiger charge is -2.12. The van der Waals surface area contributed by atoms with Crippen LogP contribution in [0.1, 0.15) is 27.9 Å². The van der Waals surface area contributed by atoms with E-state index in [1.165, 1.54) is 7.11 Å². The van der Waals surface area contributed by atoms with Gasteiger partial charge in [0.1, 0.15) is 5.75 Å². The smallest absolute Gasteiger partial charge is 0.305 e. The molecule has 0 aromatic heterocycles. The van der Waals surface area contributed by atoms with Crippen LogP contribution >= 0.6 is 0 Å². The number of ether oxygens (including phenoxy) is 1. The summed E-state index contributed by atoms with van der Waals surface area (Å²) in [5, 5.41) is 11.1. The van der Waals surface area contributed by atoms with E-state index in [9.17, 15) is 9.59 Å². The molecule has 1 aromatic rings. The number of aliphatic carboxylic acids is 1. The van der Waals surface area contributed by atoms with Crippen molar-refractivity contribution in [3.05, 3.63) is 28.8 Å². The zero-order valence-electron chi connectivity index (χ0n) is 10.7. The fourth-order valence-electron chi connectivity index (χ4n) is 1.75. The molecular formula is C13H17NO4. The van der Waals surface area contributed by atoms with E-state index in [0.717, 1.165) is 11.1 Å². The minimum atomic E-state index is -0.942. The van der Waals surface area contributed by atoms with Gasteiger partial charge in [-0.05, 0) is 31.0 Å². The number of aryl methyl sites for hydroxylation is 2. The molecule has 2 N–H and O–H groups in total. The molecular weight excluding hydrogens is 234 g/mol. The van der Waals surface area contributed by atoms with E-state index in [2.05, 4.69) is 5.32 Å². The summed E-state index contributed by atoms with van der Waals surface area (Å²) in [4.78, 5) is 22.3. The molecule has 5 heteroatoms. The van der Waals surface area contributed by atoms with Crippen molar-refractivity contribution in [2.75, 3.05) is 13.7 Å². The van der Waals surface area contributed by atoms with E-state index in [1.54, 1.807) is 6.07 Å². The van der Waals surface area contributed by atoms with E-state index >= 15 is 0 Å². The highest BCUT2D eigenvalue weighted by Gasteiger charge is 2.15. The molecule has 1 amide bonds. The number of methoxy groups -OCH3 is 1. The second-order valence-electron chi connectivity index (χ2n) is 4.06. The summed E-state index contributed by atoms with van der Waals surface area (Å²) < 4.78 is 5.18. The van der Waals surface area contributed by atoms with Crippen LogP contribution in [0.2, 0.25) is 0 Å². The number of carbonyl (C=O) groups is 2. The van der Waals surface area contributed by atoms with Gasteiger partial charge in [0.2, 0.25) is 0 Å². The van der Waals surface area contributed by atoms with Crippen LogP contribution in [0.5, 0.6) is 5.75 Å². The average Bonchev–Trinajstić information content (AvgIpc) is 2.26. The summed E-state index contributed by atoms with van der Waals surface area (Å²) in [6, 6.07) is 3.66. The van der Waals surface area contributed by atoms with Crippen LogP contribution in [0.4, 0.5) is 0 Å². The average molecular weight is 251 g/mol. The highest BCUT2D eigenvalue weighted by Crippen LogP contribution is 2.23. The predicted octanol–water partition coefficient (Wildman–Crippen LogP) is 1.52. The zero-order valence-corrected chi connectivity index (χ0v) is 10.7. The fourth-order valence-corrected chi connectivity index (χ4v) is 1.75. The largest absolute Gasteiger partial charge is 0.496 e. The molecule has 0 aliphatic carbocycles. The van der Waals surface area contributed by atoms with Gasteiger partial charge in [-0.3, -0.25) is 9.59 Å². The number of hydrogen-bond donors (Lipinski definition) is 2. The van der Waals surface area contributed by atoms with Crippen molar-refractivity contribution >= 4 is 11.9 Å². The summed E-state index contributed by atoms with van der Waals surface area (Å²) in [6.07, 6.45) is -0.0982. The molecule has 98 valence electrons. The first kappa shape index (κ1) is 14.0. The third-order valence-electron chi connectivity index (χ3n) is 2.52. The summed E-state index contributed by atoms with van der Waals surface area (Å²) in [6.45, 7) is 3.84. The van der Waals surface area contributed by atoms with Crippen molar-refractivity contribution in [2.24, 2.45) is 0 Å². The third-order valence-corrected chi connectivity index (χ3v) is 2.52. The van der Waals surface area contributed by atoms with Crippen molar-refractivity contribution in [1.82, 2.24) is 5.32 Å². The number of rotatable bonds is 5. The molecule has 5 nitrogen and oxygen atoms in total. The predicted molar refractivity (Wildman–Crippen MR) is 67.1 cm³/mol. The van der Waals surface area contributed by atoms with Crippen LogP contribution < -0.4 is 10.1 Å². The number of carbonyl (C=O) groups excluding carboxylic acids is 1. The van der Waals surface area contributed by atoms with Crippen LogP contribution in [0.15, 0.2) is 12.1 Å². The van der Waals surface area contributed by atoms with E-state index in [-0.39, 0.29) is 18.9 Å². The Balaban J connectivity index is 2.88. The number of hydrogen-bond acceptors (Lipinski definition) is 3. The quantitative estimate of drug-likeness (QED) is 0.831. The van der Waals surface area contributed by atoms with Crippen LogP contribution in [0.25, 0.3) is 0 Å². The van der Waals surface area contributed by atoms with Gasteiger partial charge < -0.3 is 15.2 Å². The van der Waals surface area contributed by atoms with Gasteiger partial charge in [0.05, 0.1) is 19.1 Å². The van der Waals surface area contributed by atoms with Gasteiger partial charge in [-0.15, -0.1) is 0 Å². The maximum absolute atomic E-state index is 12.0. The van der Waals surface area contributed by atoms with Crippen molar-refractivity contribution in [3.8, 4) is 5.75 Å². The highest BCUT2D eigenvalue weighted by molar-refractivity contribution is 5.98. The van der Waals surface area contributed by atoms with Gasteiger partial charge >= 0.3 is 5.97 Å². The molecule has 0 atom stereocenters. The van der Waals surface area contributed by atoms with Gasteiger partial charge in [0, 0.05) is 6.54 Å². The highest BCUT2D eigenvalue weighted by atomic mass is 16.5. The number of amides is 1. The van der Waals surface area contributed by atoms with Gasteiger partial charge in [0.25, 0.3) is 5.91 Å². The van der Waals surface area contributed by atoms with Crippen LogP contribution in [-0.2, 0) is 4.79 Å².